The van der Waals surface area contributed by atoms with Crippen LogP contribution in [-0.2, 0) is 0 Å². The van der Waals surface area contributed by atoms with E-state index in [-0.39, 0.29) is 5.91 Å². The third-order valence-electron chi connectivity index (χ3n) is 3.61. The second kappa shape index (κ2) is 4.94. The fourth-order valence-corrected chi connectivity index (χ4v) is 2.18. The first kappa shape index (κ1) is 12.8. The first-order valence-electron chi connectivity index (χ1n) is 6.23. The number of likely N-dealkylation sites (tertiary alicyclic amines) is 1. The number of hydrogen-bond donors (Lipinski definition) is 2. The number of hydrogen-bond acceptors (Lipinski definition) is 4. The summed E-state index contributed by atoms with van der Waals surface area (Å²) in [5, 5.41) is 0. The Bertz CT molecular complexity index is 434. The SMILES string of the molecule is CC1(C)CCN(C(=O)c2cnccc2NN)CC1. The van der Waals surface area contributed by atoms with Crippen molar-refractivity contribution in [1.82, 2.24) is 9.88 Å². The Morgan fingerprint density at radius 3 is 2.72 bits per heavy atom. The second-order valence-electron chi connectivity index (χ2n) is 5.52. The summed E-state index contributed by atoms with van der Waals surface area (Å²) >= 11 is 0. The monoisotopic (exact) mass is 248 g/mol. The van der Waals surface area contributed by atoms with Crippen LogP contribution in [0.25, 0.3) is 0 Å². The lowest BCUT2D eigenvalue weighted by atomic mass is 9.82. The average molecular weight is 248 g/mol. The highest BCUT2D eigenvalue weighted by Gasteiger charge is 2.29. The number of nitrogens with zero attached hydrogens (tertiary/aromatic N) is 2. The predicted molar refractivity (Wildman–Crippen MR) is 71.0 cm³/mol. The van der Waals surface area contributed by atoms with Crippen LogP contribution >= 0.6 is 0 Å². The van der Waals surface area contributed by atoms with E-state index in [4.69, 9.17) is 5.84 Å². The minimum absolute atomic E-state index is 0.00606. The molecule has 1 aromatic rings. The molecular weight excluding hydrogens is 228 g/mol. The third-order valence-corrected chi connectivity index (χ3v) is 3.61. The number of carbonyl (C=O) groups excluding carboxylic acids is 1. The van der Waals surface area contributed by atoms with E-state index in [1.165, 1.54) is 0 Å². The van der Waals surface area contributed by atoms with E-state index in [1.807, 2.05) is 4.90 Å². The molecule has 5 nitrogen and oxygen atoms in total. The number of hydrazine groups is 1. The highest BCUT2D eigenvalue weighted by Crippen LogP contribution is 2.30. The molecule has 0 saturated carbocycles. The maximum Gasteiger partial charge on any atom is 0.257 e. The molecule has 0 spiro atoms. The molecule has 0 bridgehead atoms. The van der Waals surface area contributed by atoms with Crippen molar-refractivity contribution in [3.63, 3.8) is 0 Å². The Morgan fingerprint density at radius 1 is 1.44 bits per heavy atom. The van der Waals surface area contributed by atoms with E-state index >= 15 is 0 Å². The lowest BCUT2D eigenvalue weighted by Gasteiger charge is -2.37. The maximum absolute atomic E-state index is 12.4. The van der Waals surface area contributed by atoms with Gasteiger partial charge in [0, 0.05) is 25.5 Å². The lowest BCUT2D eigenvalue weighted by Crippen LogP contribution is -2.41. The van der Waals surface area contributed by atoms with Gasteiger partial charge in [-0.3, -0.25) is 15.6 Å². The summed E-state index contributed by atoms with van der Waals surface area (Å²) in [4.78, 5) is 18.3. The second-order valence-corrected chi connectivity index (χ2v) is 5.52. The molecule has 1 aliphatic rings. The van der Waals surface area contributed by atoms with Gasteiger partial charge in [-0.2, -0.15) is 0 Å². The summed E-state index contributed by atoms with van der Waals surface area (Å²) in [6.45, 7) is 6.08. The highest BCUT2D eigenvalue weighted by atomic mass is 16.2. The van der Waals surface area contributed by atoms with E-state index in [0.29, 0.717) is 16.7 Å². The molecule has 0 aliphatic carbocycles. The topological polar surface area (TPSA) is 71.2 Å². The predicted octanol–water partition coefficient (Wildman–Crippen LogP) is 1.63. The Balaban J connectivity index is 2.13. The summed E-state index contributed by atoms with van der Waals surface area (Å²) in [5.41, 5.74) is 4.04. The van der Waals surface area contributed by atoms with Crippen LogP contribution < -0.4 is 11.3 Å². The molecule has 0 aromatic carbocycles. The number of aromatic nitrogens is 1. The summed E-state index contributed by atoms with van der Waals surface area (Å²) in [6.07, 6.45) is 5.25. The number of nitrogen functional groups attached to an aromatic ring is 1. The molecule has 0 atom stereocenters. The van der Waals surface area contributed by atoms with Crippen LogP contribution in [0.4, 0.5) is 5.69 Å². The number of piperidine rings is 1. The van der Waals surface area contributed by atoms with Gasteiger partial charge in [-0.1, -0.05) is 13.8 Å². The molecule has 98 valence electrons. The molecular formula is C13H20N4O. The van der Waals surface area contributed by atoms with Crippen LogP contribution in [0.15, 0.2) is 18.5 Å². The smallest absolute Gasteiger partial charge is 0.257 e. The molecule has 3 N–H and O–H groups in total. The molecule has 1 aliphatic heterocycles. The zero-order valence-corrected chi connectivity index (χ0v) is 10.9. The average Bonchev–Trinajstić information content (AvgIpc) is 2.38. The number of pyridine rings is 1. The number of nitrogens with two attached hydrogens (primary N) is 1. The summed E-state index contributed by atoms with van der Waals surface area (Å²) in [6, 6.07) is 1.71. The van der Waals surface area contributed by atoms with Crippen molar-refractivity contribution < 1.29 is 4.79 Å². The number of carbonyl (C=O) groups is 1. The normalized spacial score (nSPS) is 18.5. The van der Waals surface area contributed by atoms with Gasteiger partial charge >= 0.3 is 0 Å². The fourth-order valence-electron chi connectivity index (χ4n) is 2.18. The van der Waals surface area contributed by atoms with Crippen molar-refractivity contribution >= 4 is 11.6 Å². The number of rotatable bonds is 2. The minimum atomic E-state index is 0.00606. The number of nitrogens with one attached hydrogen (secondary N) is 1. The molecule has 2 rings (SSSR count). The van der Waals surface area contributed by atoms with Crippen molar-refractivity contribution in [2.24, 2.45) is 11.3 Å². The Kier molecular flexibility index (Phi) is 3.52. The van der Waals surface area contributed by atoms with Crippen LogP contribution in [0.3, 0.4) is 0 Å². The van der Waals surface area contributed by atoms with Gasteiger partial charge in [0.25, 0.3) is 5.91 Å². The first-order valence-corrected chi connectivity index (χ1v) is 6.23. The molecule has 1 saturated heterocycles. The quantitative estimate of drug-likeness (QED) is 0.616. The molecule has 18 heavy (non-hydrogen) atoms. The molecule has 1 aromatic heterocycles. The third kappa shape index (κ3) is 2.61. The van der Waals surface area contributed by atoms with E-state index < -0.39 is 0 Å². The molecule has 2 heterocycles. The highest BCUT2D eigenvalue weighted by molar-refractivity contribution is 5.99. The maximum atomic E-state index is 12.4. The Morgan fingerprint density at radius 2 is 2.11 bits per heavy atom. The molecule has 5 heteroatoms. The van der Waals surface area contributed by atoms with Gasteiger partial charge in [0.15, 0.2) is 0 Å². The minimum Gasteiger partial charge on any atom is -0.338 e. The van der Waals surface area contributed by atoms with Gasteiger partial charge in [-0.05, 0) is 24.3 Å². The largest absolute Gasteiger partial charge is 0.338 e. The van der Waals surface area contributed by atoms with E-state index in [2.05, 4.69) is 24.3 Å². The van der Waals surface area contributed by atoms with Gasteiger partial charge in [0.1, 0.15) is 0 Å². The van der Waals surface area contributed by atoms with Crippen LogP contribution in [0, 0.1) is 5.41 Å². The van der Waals surface area contributed by atoms with Gasteiger partial charge in [0.2, 0.25) is 0 Å². The van der Waals surface area contributed by atoms with Crippen LogP contribution in [0.5, 0.6) is 0 Å². The Hall–Kier alpha value is -1.62. The van der Waals surface area contributed by atoms with Crippen molar-refractivity contribution in [2.45, 2.75) is 26.7 Å². The Labute approximate surface area is 107 Å². The van der Waals surface area contributed by atoms with Crippen LogP contribution in [0.1, 0.15) is 37.0 Å². The zero-order chi connectivity index (χ0) is 13.2. The van der Waals surface area contributed by atoms with Crippen molar-refractivity contribution in [3.8, 4) is 0 Å². The first-order chi connectivity index (χ1) is 8.53. The van der Waals surface area contributed by atoms with Crippen LogP contribution in [0.2, 0.25) is 0 Å². The fraction of sp³-hybridized carbons (Fsp3) is 0.538. The molecule has 1 amide bonds. The summed E-state index contributed by atoms with van der Waals surface area (Å²) in [5.74, 6) is 5.42. The standard InChI is InChI=1S/C13H20N4O/c1-13(2)4-7-17(8-5-13)12(18)10-9-15-6-3-11(10)16-14/h3,6,9H,4-5,7-8,14H2,1-2H3,(H,15,16). The van der Waals surface area contributed by atoms with E-state index in [9.17, 15) is 4.79 Å². The summed E-state index contributed by atoms with van der Waals surface area (Å²) in [7, 11) is 0. The van der Waals surface area contributed by atoms with Gasteiger partial charge in [0.05, 0.1) is 11.3 Å². The number of anilines is 1. The molecule has 0 unspecified atom stereocenters. The summed E-state index contributed by atoms with van der Waals surface area (Å²) < 4.78 is 0. The van der Waals surface area contributed by atoms with Gasteiger partial charge < -0.3 is 10.3 Å². The van der Waals surface area contributed by atoms with Gasteiger partial charge in [-0.25, -0.2) is 0 Å². The molecule has 1 fully saturated rings. The van der Waals surface area contributed by atoms with E-state index in [1.54, 1.807) is 18.5 Å². The zero-order valence-electron chi connectivity index (χ0n) is 10.9. The van der Waals surface area contributed by atoms with Gasteiger partial charge in [-0.15, -0.1) is 0 Å². The number of amides is 1. The molecule has 0 radical (unpaired) electrons. The lowest BCUT2D eigenvalue weighted by molar-refractivity contribution is 0.0631. The van der Waals surface area contributed by atoms with Crippen LogP contribution in [-0.4, -0.2) is 28.9 Å². The van der Waals surface area contributed by atoms with Crippen molar-refractivity contribution in [3.05, 3.63) is 24.0 Å². The van der Waals surface area contributed by atoms with Crippen molar-refractivity contribution in [1.29, 1.82) is 0 Å². The van der Waals surface area contributed by atoms with E-state index in [0.717, 1.165) is 25.9 Å². The van der Waals surface area contributed by atoms with Crippen molar-refractivity contribution in [2.75, 3.05) is 18.5 Å².